The van der Waals surface area contributed by atoms with Crippen molar-refractivity contribution >= 4 is 43.0 Å². The number of nitrogens with zero attached hydrogens (tertiary/aromatic N) is 3. The first-order valence-electron chi connectivity index (χ1n) is 13.4. The Bertz CT molecular complexity index is 1650. The third-order valence-corrected chi connectivity index (χ3v) is 11.1. The van der Waals surface area contributed by atoms with E-state index in [1.165, 1.54) is 47.2 Å². The molecule has 1 aliphatic carbocycles. The summed E-state index contributed by atoms with van der Waals surface area (Å²) in [6.07, 6.45) is 3.27. The third kappa shape index (κ3) is 5.96. The van der Waals surface area contributed by atoms with Crippen molar-refractivity contribution in [1.29, 1.82) is 0 Å². The van der Waals surface area contributed by atoms with Crippen molar-refractivity contribution in [2.45, 2.75) is 23.2 Å². The average Bonchev–Trinajstić information content (AvgIpc) is 3.78. The maximum absolute atomic E-state index is 13.4. The molecule has 1 amide bonds. The normalized spacial score (nSPS) is 17.2. The summed E-state index contributed by atoms with van der Waals surface area (Å²) in [5.74, 6) is -0.508. The SMILES string of the molecule is CN(c1ccccc1C(=O)Nc1ccc(S(=O)(=O)N2CCN(c3cccc(C4(CN)CC4)c3)CC2)cc1)S(C)(=O)=O. The van der Waals surface area contributed by atoms with Gasteiger partial charge in [0.15, 0.2) is 0 Å². The van der Waals surface area contributed by atoms with Crippen LogP contribution in [-0.4, -0.2) is 73.1 Å². The van der Waals surface area contributed by atoms with Gasteiger partial charge in [0.25, 0.3) is 5.91 Å². The molecular formula is C29H35N5O5S2. The fourth-order valence-electron chi connectivity index (χ4n) is 5.16. The molecule has 5 rings (SSSR count). The van der Waals surface area contributed by atoms with Crippen LogP contribution in [-0.2, 0) is 25.5 Å². The Balaban J connectivity index is 1.23. The van der Waals surface area contributed by atoms with Crippen molar-refractivity contribution in [2.24, 2.45) is 5.73 Å². The lowest BCUT2D eigenvalue weighted by atomic mass is 9.95. The Kier molecular flexibility index (Phi) is 7.86. The molecule has 0 bridgehead atoms. The second-order valence-corrected chi connectivity index (χ2v) is 14.6. The van der Waals surface area contributed by atoms with Gasteiger partial charge in [0.2, 0.25) is 20.0 Å². The lowest BCUT2D eigenvalue weighted by molar-refractivity contribution is 0.102. The molecule has 1 saturated heterocycles. The Morgan fingerprint density at radius 1 is 0.927 bits per heavy atom. The van der Waals surface area contributed by atoms with Gasteiger partial charge in [-0.2, -0.15) is 4.31 Å². The Morgan fingerprint density at radius 2 is 1.59 bits per heavy atom. The smallest absolute Gasteiger partial charge is 0.257 e. The molecule has 0 aromatic heterocycles. The molecule has 41 heavy (non-hydrogen) atoms. The number of nitrogens with two attached hydrogens (primary N) is 1. The van der Waals surface area contributed by atoms with Gasteiger partial charge in [0.05, 0.1) is 22.4 Å². The summed E-state index contributed by atoms with van der Waals surface area (Å²) in [5, 5.41) is 2.73. The minimum atomic E-state index is -3.72. The van der Waals surface area contributed by atoms with Gasteiger partial charge >= 0.3 is 0 Å². The van der Waals surface area contributed by atoms with Crippen LogP contribution < -0.4 is 20.3 Å². The van der Waals surface area contributed by atoms with Crippen LogP contribution in [0.2, 0.25) is 0 Å². The predicted molar refractivity (Wildman–Crippen MR) is 161 cm³/mol. The molecule has 2 fully saturated rings. The topological polar surface area (TPSA) is 133 Å². The van der Waals surface area contributed by atoms with E-state index in [4.69, 9.17) is 5.73 Å². The second-order valence-electron chi connectivity index (χ2n) is 10.7. The first-order chi connectivity index (χ1) is 19.4. The summed E-state index contributed by atoms with van der Waals surface area (Å²) < 4.78 is 53.3. The average molecular weight is 598 g/mol. The molecule has 3 aromatic rings. The summed E-state index contributed by atoms with van der Waals surface area (Å²) in [6, 6.07) is 20.8. The molecule has 0 spiro atoms. The van der Waals surface area contributed by atoms with Crippen LogP contribution in [0.1, 0.15) is 28.8 Å². The lowest BCUT2D eigenvalue weighted by Gasteiger charge is -2.35. The number of hydrogen-bond acceptors (Lipinski definition) is 7. The molecule has 12 heteroatoms. The minimum Gasteiger partial charge on any atom is -0.369 e. The van der Waals surface area contributed by atoms with Crippen molar-refractivity contribution in [3.05, 3.63) is 83.9 Å². The predicted octanol–water partition coefficient (Wildman–Crippen LogP) is 2.84. The first-order valence-corrected chi connectivity index (χ1v) is 16.7. The zero-order valence-electron chi connectivity index (χ0n) is 23.2. The van der Waals surface area contributed by atoms with E-state index in [1.807, 2.05) is 6.07 Å². The van der Waals surface area contributed by atoms with Gasteiger partial charge < -0.3 is 16.0 Å². The molecule has 1 saturated carbocycles. The van der Waals surface area contributed by atoms with Crippen LogP contribution in [0.25, 0.3) is 0 Å². The van der Waals surface area contributed by atoms with Crippen LogP contribution in [0.15, 0.2) is 77.7 Å². The van der Waals surface area contributed by atoms with Gasteiger partial charge in [-0.05, 0) is 66.9 Å². The molecule has 0 atom stereocenters. The zero-order chi connectivity index (χ0) is 29.4. The Morgan fingerprint density at radius 3 is 2.20 bits per heavy atom. The van der Waals surface area contributed by atoms with E-state index < -0.39 is 26.0 Å². The summed E-state index contributed by atoms with van der Waals surface area (Å²) >= 11 is 0. The molecule has 2 aliphatic rings. The number of carbonyl (C=O) groups excluding carboxylic acids is 1. The number of anilines is 3. The highest BCUT2D eigenvalue weighted by molar-refractivity contribution is 7.92. The minimum absolute atomic E-state index is 0.0999. The Labute approximate surface area is 241 Å². The number of hydrogen-bond donors (Lipinski definition) is 2. The van der Waals surface area contributed by atoms with Crippen LogP contribution in [0.4, 0.5) is 17.1 Å². The van der Waals surface area contributed by atoms with E-state index in [0.717, 1.165) is 29.1 Å². The zero-order valence-corrected chi connectivity index (χ0v) is 24.8. The number of carbonyl (C=O) groups is 1. The van der Waals surface area contributed by atoms with Gasteiger partial charge in [0, 0.05) is 56.6 Å². The summed E-state index contributed by atoms with van der Waals surface area (Å²) in [5.41, 5.74) is 9.26. The molecule has 10 nitrogen and oxygen atoms in total. The van der Waals surface area contributed by atoms with Crippen molar-refractivity contribution in [3.63, 3.8) is 0 Å². The van der Waals surface area contributed by atoms with Crippen molar-refractivity contribution in [2.75, 3.05) is 60.5 Å². The maximum Gasteiger partial charge on any atom is 0.257 e. The summed E-state index contributed by atoms with van der Waals surface area (Å²) in [6.45, 7) is 2.51. The van der Waals surface area contributed by atoms with Gasteiger partial charge in [-0.3, -0.25) is 9.10 Å². The fourth-order valence-corrected chi connectivity index (χ4v) is 7.10. The van der Waals surface area contributed by atoms with Gasteiger partial charge in [-0.25, -0.2) is 16.8 Å². The van der Waals surface area contributed by atoms with Crippen LogP contribution in [0.5, 0.6) is 0 Å². The van der Waals surface area contributed by atoms with E-state index in [-0.39, 0.29) is 21.6 Å². The van der Waals surface area contributed by atoms with Crippen molar-refractivity contribution < 1.29 is 21.6 Å². The molecule has 3 N–H and O–H groups in total. The molecule has 0 unspecified atom stereocenters. The molecular weight excluding hydrogens is 562 g/mol. The number of amides is 1. The van der Waals surface area contributed by atoms with E-state index in [2.05, 4.69) is 28.4 Å². The number of para-hydroxylation sites is 1. The maximum atomic E-state index is 13.4. The molecule has 3 aromatic carbocycles. The first kappa shape index (κ1) is 29.1. The molecule has 1 heterocycles. The number of sulfonamides is 2. The molecule has 1 aliphatic heterocycles. The van der Waals surface area contributed by atoms with E-state index in [9.17, 15) is 21.6 Å². The van der Waals surface area contributed by atoms with Crippen LogP contribution >= 0.6 is 0 Å². The number of nitrogens with one attached hydrogen (secondary N) is 1. The van der Waals surface area contributed by atoms with E-state index >= 15 is 0 Å². The van der Waals surface area contributed by atoms with E-state index in [0.29, 0.717) is 38.4 Å². The van der Waals surface area contributed by atoms with Gasteiger partial charge in [-0.1, -0.05) is 24.3 Å². The highest BCUT2D eigenvalue weighted by Gasteiger charge is 2.43. The highest BCUT2D eigenvalue weighted by Crippen LogP contribution is 2.47. The number of piperazine rings is 1. The Hall–Kier alpha value is -3.45. The number of benzene rings is 3. The van der Waals surface area contributed by atoms with Crippen molar-refractivity contribution in [3.8, 4) is 0 Å². The fraction of sp³-hybridized carbons (Fsp3) is 0.345. The quantitative estimate of drug-likeness (QED) is 0.388. The second kappa shape index (κ2) is 11.1. The van der Waals surface area contributed by atoms with E-state index in [1.54, 1.807) is 18.2 Å². The monoisotopic (exact) mass is 597 g/mol. The standard InChI is InChI=1S/C29H35N5O5S2/c1-32(40(2,36)37)27-9-4-3-8-26(27)28(35)31-23-10-12-25(13-11-23)41(38,39)34-18-16-33(17-19-34)24-7-5-6-22(20-24)29(21-30)14-15-29/h3-13,20H,14-19,21,30H2,1-2H3,(H,31,35). The summed E-state index contributed by atoms with van der Waals surface area (Å²) in [4.78, 5) is 15.3. The largest absolute Gasteiger partial charge is 0.369 e. The number of rotatable bonds is 9. The van der Waals surface area contributed by atoms with Gasteiger partial charge in [0.1, 0.15) is 0 Å². The van der Waals surface area contributed by atoms with Crippen molar-refractivity contribution in [1.82, 2.24) is 4.31 Å². The lowest BCUT2D eigenvalue weighted by Crippen LogP contribution is -2.48. The van der Waals surface area contributed by atoms with Crippen LogP contribution in [0.3, 0.4) is 0 Å². The highest BCUT2D eigenvalue weighted by atomic mass is 32.2. The molecule has 218 valence electrons. The third-order valence-electron chi connectivity index (χ3n) is 8.04. The molecule has 0 radical (unpaired) electrons. The van der Waals surface area contributed by atoms with Crippen LogP contribution in [0, 0.1) is 0 Å². The van der Waals surface area contributed by atoms with Gasteiger partial charge in [-0.15, -0.1) is 0 Å². The summed E-state index contributed by atoms with van der Waals surface area (Å²) in [7, 11) is -5.91.